The van der Waals surface area contributed by atoms with Crippen LogP contribution < -0.4 is 0 Å². The summed E-state index contributed by atoms with van der Waals surface area (Å²) < 4.78 is 5.19. The van der Waals surface area contributed by atoms with Crippen molar-refractivity contribution >= 4 is 35.1 Å². The minimum atomic E-state index is -1.00. The molecule has 1 saturated heterocycles. The Morgan fingerprint density at radius 1 is 1.03 bits per heavy atom. The number of nitrogens with zero attached hydrogens (tertiary/aromatic N) is 1. The van der Waals surface area contributed by atoms with Gasteiger partial charge in [0, 0.05) is 23.0 Å². The van der Waals surface area contributed by atoms with E-state index in [4.69, 9.17) is 33.0 Å². The zero-order chi connectivity index (χ0) is 22.9. The highest BCUT2D eigenvalue weighted by Gasteiger charge is 2.29. The van der Waals surface area contributed by atoms with Crippen LogP contribution in [-0.2, 0) is 14.3 Å². The molecule has 2 aromatic rings. The molecule has 1 aliphatic carbocycles. The molecule has 1 saturated carbocycles. The number of carboxylic acids is 1. The Bertz CT molecular complexity index is 729. The van der Waals surface area contributed by atoms with Gasteiger partial charge in [0.2, 0.25) is 0 Å². The topological polar surface area (TPSA) is 66.8 Å². The Kier molecular flexibility index (Phi) is 14.1. The van der Waals surface area contributed by atoms with Crippen molar-refractivity contribution in [2.45, 2.75) is 31.8 Å². The van der Waals surface area contributed by atoms with Crippen LogP contribution in [0.1, 0.15) is 25.7 Å². The lowest BCUT2D eigenvalue weighted by atomic mass is 10.2. The molecule has 2 aromatic carbocycles. The van der Waals surface area contributed by atoms with Gasteiger partial charge in [-0.2, -0.15) is 0 Å². The summed E-state index contributed by atoms with van der Waals surface area (Å²) in [5.74, 6) is -1.27. The second kappa shape index (κ2) is 16.4. The van der Waals surface area contributed by atoms with Gasteiger partial charge in [0.1, 0.15) is 12.6 Å². The highest BCUT2D eigenvalue weighted by Crippen LogP contribution is 2.15. The number of benzene rings is 2. The number of carbonyl (C=O) groups is 2. The van der Waals surface area contributed by atoms with Crippen LogP contribution in [0.3, 0.4) is 0 Å². The maximum atomic E-state index is 11.5. The van der Waals surface area contributed by atoms with Gasteiger partial charge < -0.3 is 14.7 Å². The molecular weight excluding hydrogens is 437 g/mol. The zero-order valence-corrected chi connectivity index (χ0v) is 19.0. The quantitative estimate of drug-likeness (QED) is 0.585. The summed E-state index contributed by atoms with van der Waals surface area (Å²) in [6, 6.07) is 18.9. The average molecular weight is 466 g/mol. The number of halogens is 2. The molecule has 7 heteroatoms. The van der Waals surface area contributed by atoms with Gasteiger partial charge in [-0.05, 0) is 24.3 Å². The molecule has 1 amide bonds. The number of ether oxygens (including phenoxy) is 1. The molecule has 0 bridgehead atoms. The summed E-state index contributed by atoms with van der Waals surface area (Å²) >= 11 is 11.1. The van der Waals surface area contributed by atoms with Crippen molar-refractivity contribution in [3.05, 3.63) is 83.4 Å². The molecule has 31 heavy (non-hydrogen) atoms. The Labute approximate surface area is 194 Å². The molecule has 0 unspecified atom stereocenters. The lowest BCUT2D eigenvalue weighted by molar-refractivity contribution is -0.158. The molecule has 0 aromatic heterocycles. The highest BCUT2D eigenvalue weighted by molar-refractivity contribution is 6.30. The molecule has 168 valence electrons. The van der Waals surface area contributed by atoms with Gasteiger partial charge in [-0.1, -0.05) is 84.9 Å². The van der Waals surface area contributed by atoms with E-state index < -0.39 is 12.1 Å². The first-order valence-electron chi connectivity index (χ1n) is 10.1. The SMILES string of the molecule is C1CC1.C=CC[C@H]1OCCN(CC(=O)O)C1=O.Clc1ccccc1.Clc1ccccc1. The molecule has 0 radical (unpaired) electrons. The van der Waals surface area contributed by atoms with E-state index >= 15 is 0 Å². The molecule has 2 aliphatic rings. The molecule has 1 aliphatic heterocycles. The third kappa shape index (κ3) is 14.3. The summed E-state index contributed by atoms with van der Waals surface area (Å²) in [7, 11) is 0. The molecule has 1 N–H and O–H groups in total. The summed E-state index contributed by atoms with van der Waals surface area (Å²) in [5.41, 5.74) is 0. The smallest absolute Gasteiger partial charge is 0.323 e. The monoisotopic (exact) mass is 465 g/mol. The first-order chi connectivity index (χ1) is 14.9. The summed E-state index contributed by atoms with van der Waals surface area (Å²) in [6.07, 6.45) is 5.96. The number of rotatable bonds is 4. The third-order valence-electron chi connectivity index (χ3n) is 3.79. The first kappa shape index (κ1) is 26.7. The molecule has 1 heterocycles. The summed E-state index contributed by atoms with van der Waals surface area (Å²) in [6.45, 7) is 3.99. The fourth-order valence-electron chi connectivity index (χ4n) is 2.16. The predicted octanol–water partition coefficient (Wildman–Crippen LogP) is 5.72. The Morgan fingerprint density at radius 2 is 1.52 bits per heavy atom. The van der Waals surface area contributed by atoms with Crippen LogP contribution >= 0.6 is 23.2 Å². The van der Waals surface area contributed by atoms with Crippen LogP contribution in [0.4, 0.5) is 0 Å². The second-order valence-corrected chi connectivity index (χ2v) is 7.56. The standard InChI is InChI=1S/C9H13NO4.2C6H5Cl.C3H6/c1-2-3-7-9(13)10(4-5-14-7)6-8(11)12;2*7-6-4-2-1-3-5-6;1-2-3-1/h2,7H,1,3-6H2,(H,11,12);2*1-5H;1-3H2/t7-;;;/m1.../s1. The highest BCUT2D eigenvalue weighted by atomic mass is 35.5. The molecule has 1 atom stereocenters. The van der Waals surface area contributed by atoms with Crippen LogP contribution in [0.25, 0.3) is 0 Å². The fourth-order valence-corrected chi connectivity index (χ4v) is 2.45. The summed E-state index contributed by atoms with van der Waals surface area (Å²) in [5, 5.41) is 10.1. The van der Waals surface area contributed by atoms with Crippen molar-refractivity contribution in [1.82, 2.24) is 4.90 Å². The van der Waals surface area contributed by atoms with Crippen molar-refractivity contribution < 1.29 is 19.4 Å². The minimum absolute atomic E-state index is 0.254. The maximum absolute atomic E-state index is 11.5. The lowest BCUT2D eigenvalue weighted by Gasteiger charge is -2.30. The molecular formula is C24H29Cl2NO4. The molecule has 0 spiro atoms. The number of aliphatic carboxylic acids is 1. The van der Waals surface area contributed by atoms with Crippen molar-refractivity contribution in [2.24, 2.45) is 0 Å². The average Bonchev–Trinajstić information content (AvgIpc) is 3.63. The number of carbonyl (C=O) groups excluding carboxylic acids is 1. The van der Waals surface area contributed by atoms with E-state index in [2.05, 4.69) is 6.58 Å². The predicted molar refractivity (Wildman–Crippen MR) is 126 cm³/mol. The maximum Gasteiger partial charge on any atom is 0.323 e. The van der Waals surface area contributed by atoms with E-state index in [1.807, 2.05) is 60.7 Å². The Hall–Kier alpha value is -2.34. The van der Waals surface area contributed by atoms with Gasteiger partial charge in [0.15, 0.2) is 0 Å². The largest absolute Gasteiger partial charge is 0.480 e. The number of hydrogen-bond donors (Lipinski definition) is 1. The normalized spacial score (nSPS) is 16.3. The van der Waals surface area contributed by atoms with Gasteiger partial charge >= 0.3 is 5.97 Å². The number of morpholine rings is 1. The van der Waals surface area contributed by atoms with E-state index in [1.165, 1.54) is 24.2 Å². The van der Waals surface area contributed by atoms with Gasteiger partial charge in [-0.15, -0.1) is 6.58 Å². The van der Waals surface area contributed by atoms with Gasteiger partial charge in [-0.25, -0.2) is 0 Å². The minimum Gasteiger partial charge on any atom is -0.480 e. The number of carboxylic acid groups (broad SMARTS) is 1. The van der Waals surface area contributed by atoms with Crippen LogP contribution in [0.5, 0.6) is 0 Å². The van der Waals surface area contributed by atoms with Gasteiger partial charge in [0.05, 0.1) is 6.61 Å². The molecule has 2 fully saturated rings. The van der Waals surface area contributed by atoms with E-state index in [0.717, 1.165) is 10.0 Å². The molecule has 4 rings (SSSR count). The lowest BCUT2D eigenvalue weighted by Crippen LogP contribution is -2.49. The van der Waals surface area contributed by atoms with E-state index in [9.17, 15) is 9.59 Å². The Balaban J connectivity index is 0.000000235. The zero-order valence-electron chi connectivity index (χ0n) is 17.5. The second-order valence-electron chi connectivity index (χ2n) is 6.69. The van der Waals surface area contributed by atoms with Crippen LogP contribution in [0, 0.1) is 0 Å². The van der Waals surface area contributed by atoms with Crippen LogP contribution in [0.15, 0.2) is 73.3 Å². The van der Waals surface area contributed by atoms with Crippen molar-refractivity contribution in [2.75, 3.05) is 19.7 Å². The van der Waals surface area contributed by atoms with Gasteiger partial charge in [-0.3, -0.25) is 9.59 Å². The van der Waals surface area contributed by atoms with Crippen molar-refractivity contribution in [3.8, 4) is 0 Å². The van der Waals surface area contributed by atoms with E-state index in [1.54, 1.807) is 6.08 Å². The van der Waals surface area contributed by atoms with E-state index in [0.29, 0.717) is 19.6 Å². The van der Waals surface area contributed by atoms with Gasteiger partial charge in [0.25, 0.3) is 5.91 Å². The Morgan fingerprint density at radius 3 is 1.84 bits per heavy atom. The van der Waals surface area contributed by atoms with Crippen molar-refractivity contribution in [1.29, 1.82) is 0 Å². The van der Waals surface area contributed by atoms with E-state index in [-0.39, 0.29) is 12.5 Å². The fraction of sp³-hybridized carbons (Fsp3) is 0.333. The van der Waals surface area contributed by atoms with Crippen LogP contribution in [-0.4, -0.2) is 47.7 Å². The summed E-state index contributed by atoms with van der Waals surface area (Å²) in [4.78, 5) is 23.3. The first-order valence-corrected chi connectivity index (χ1v) is 10.8. The third-order valence-corrected chi connectivity index (χ3v) is 4.30. The van der Waals surface area contributed by atoms with Crippen molar-refractivity contribution in [3.63, 3.8) is 0 Å². The number of amides is 1. The molecule has 5 nitrogen and oxygen atoms in total. The number of hydrogen-bond acceptors (Lipinski definition) is 3. The van der Waals surface area contributed by atoms with Crippen LogP contribution in [0.2, 0.25) is 10.0 Å².